The monoisotopic (exact) mass is 586 g/mol. The number of carbonyl (C=O) groups excluding carboxylic acids is 1. The molecule has 4 aliphatic rings. The number of hydrogen-bond donors (Lipinski definition) is 0. The van der Waals surface area contributed by atoms with Crippen LogP contribution in [-0.2, 0) is 38.8 Å². The summed E-state index contributed by atoms with van der Waals surface area (Å²) in [5.41, 5.74) is 4.02. The van der Waals surface area contributed by atoms with Gasteiger partial charge in [-0.15, -0.1) is 0 Å². The lowest BCUT2D eigenvalue weighted by Gasteiger charge is -2.60. The number of sulfonamides is 1. The van der Waals surface area contributed by atoms with Gasteiger partial charge in [0.15, 0.2) is 0 Å². The molecule has 2 heterocycles. The van der Waals surface area contributed by atoms with Gasteiger partial charge in [0.05, 0.1) is 11.8 Å². The molecule has 2 aliphatic heterocycles. The third-order valence-corrected chi connectivity index (χ3v) is 12.1. The molecule has 1 saturated heterocycles. The number of likely N-dealkylation sites (N-methyl/N-ethyl adjacent to an activating group) is 1. The molecule has 7 rings (SSSR count). The van der Waals surface area contributed by atoms with E-state index in [-0.39, 0.29) is 35.3 Å². The van der Waals surface area contributed by atoms with Crippen LogP contribution in [0.2, 0.25) is 0 Å². The maximum atomic E-state index is 13.7. The summed E-state index contributed by atoms with van der Waals surface area (Å²) in [6.45, 7) is 3.33. The van der Waals surface area contributed by atoms with Gasteiger partial charge in [-0.05, 0) is 67.8 Å². The van der Waals surface area contributed by atoms with Crippen LogP contribution in [0.5, 0.6) is 11.5 Å². The Bertz CT molecular complexity index is 1590. The second kappa shape index (κ2) is 10.5. The molecule has 8 heteroatoms. The molecule has 2 bridgehead atoms. The quantitative estimate of drug-likeness (QED) is 0.281. The van der Waals surface area contributed by atoms with Crippen molar-refractivity contribution in [1.29, 1.82) is 0 Å². The first-order chi connectivity index (χ1) is 20.3. The molecule has 42 heavy (non-hydrogen) atoms. The second-order valence-corrected chi connectivity index (χ2v) is 14.4. The lowest BCUT2D eigenvalue weighted by Crippen LogP contribution is -2.69. The van der Waals surface area contributed by atoms with Crippen molar-refractivity contribution in [2.45, 2.75) is 68.4 Å². The molecule has 2 fully saturated rings. The van der Waals surface area contributed by atoms with Crippen LogP contribution in [0.3, 0.4) is 0 Å². The number of piperidine rings is 1. The normalized spacial score (nSPS) is 27.8. The zero-order chi connectivity index (χ0) is 29.1. The summed E-state index contributed by atoms with van der Waals surface area (Å²) in [4.78, 5) is 14.7. The van der Waals surface area contributed by atoms with Gasteiger partial charge in [-0.2, -0.15) is 4.31 Å². The number of hydrogen-bond acceptors (Lipinski definition) is 6. The highest BCUT2D eigenvalue weighted by Gasteiger charge is 2.66. The van der Waals surface area contributed by atoms with Crippen LogP contribution < -0.4 is 9.47 Å². The molecule has 0 N–H and O–H groups in total. The van der Waals surface area contributed by atoms with Crippen LogP contribution in [0, 0.1) is 5.92 Å². The van der Waals surface area contributed by atoms with Crippen molar-refractivity contribution < 1.29 is 22.7 Å². The summed E-state index contributed by atoms with van der Waals surface area (Å²) in [5, 5.41) is 0. The smallest absolute Gasteiger partial charge is 0.308 e. The van der Waals surface area contributed by atoms with Gasteiger partial charge in [0.2, 0.25) is 10.0 Å². The number of nitrogens with zero attached hydrogens (tertiary/aromatic N) is 2. The van der Waals surface area contributed by atoms with Crippen LogP contribution in [-0.4, -0.2) is 61.9 Å². The van der Waals surface area contributed by atoms with Gasteiger partial charge in [0.25, 0.3) is 0 Å². The summed E-state index contributed by atoms with van der Waals surface area (Å²) in [6.07, 6.45) is 4.07. The third-order valence-electron chi connectivity index (χ3n) is 10.3. The van der Waals surface area contributed by atoms with Gasteiger partial charge in [-0.25, -0.2) is 8.42 Å². The van der Waals surface area contributed by atoms with Crippen LogP contribution >= 0.6 is 0 Å². The molecular weight excluding hydrogens is 548 g/mol. The zero-order valence-corrected chi connectivity index (χ0v) is 25.1. The van der Waals surface area contributed by atoms with Crippen molar-refractivity contribution in [1.82, 2.24) is 9.21 Å². The Morgan fingerprint density at radius 2 is 1.74 bits per heavy atom. The Morgan fingerprint density at radius 3 is 2.45 bits per heavy atom. The number of esters is 1. The Kier molecular flexibility index (Phi) is 6.91. The summed E-state index contributed by atoms with van der Waals surface area (Å²) < 4.78 is 41.7. The van der Waals surface area contributed by atoms with Gasteiger partial charge >= 0.3 is 5.97 Å². The van der Waals surface area contributed by atoms with Crippen LogP contribution in [0.15, 0.2) is 72.8 Å². The number of rotatable bonds is 8. The van der Waals surface area contributed by atoms with Gasteiger partial charge in [-0.1, -0.05) is 60.7 Å². The highest BCUT2D eigenvalue weighted by molar-refractivity contribution is 7.88. The standard InChI is InChI=1S/C34H38N2O5S/c1-23(37)40-30-15-16-31-32-26(30)21-29-27-13-14-28(35(2)42(38,39)22-25-11-7-4-8-12-25)33(41-31)34(27,32)18-20-36(29)19-17-24-9-5-3-6-10-24/h3-12,15-16,27-29,33H,13-14,17-22H2,1-2H3/t27-,28+,29+,33-,34-/m0/s1. The lowest BCUT2D eigenvalue weighted by molar-refractivity contribution is -0.132. The molecular formula is C34H38N2O5S. The Balaban J connectivity index is 1.25. The molecule has 0 unspecified atom stereocenters. The highest BCUT2D eigenvalue weighted by Crippen LogP contribution is 2.64. The van der Waals surface area contributed by atoms with E-state index in [4.69, 9.17) is 9.47 Å². The molecule has 0 aromatic heterocycles. The van der Waals surface area contributed by atoms with Crippen molar-refractivity contribution >= 4 is 16.0 Å². The number of carbonyl (C=O) groups is 1. The summed E-state index contributed by atoms with van der Waals surface area (Å²) in [5.74, 6) is 1.42. The van der Waals surface area contributed by atoms with E-state index in [2.05, 4.69) is 35.2 Å². The van der Waals surface area contributed by atoms with Crippen LogP contribution in [0.1, 0.15) is 48.4 Å². The van der Waals surface area contributed by atoms with E-state index in [0.717, 1.165) is 67.6 Å². The van der Waals surface area contributed by atoms with E-state index >= 15 is 0 Å². The molecule has 1 spiro atoms. The van der Waals surface area contributed by atoms with Gasteiger partial charge in [0.1, 0.15) is 17.6 Å². The zero-order valence-electron chi connectivity index (χ0n) is 24.2. The van der Waals surface area contributed by atoms with E-state index < -0.39 is 10.0 Å². The minimum Gasteiger partial charge on any atom is -0.487 e. The van der Waals surface area contributed by atoms with E-state index in [9.17, 15) is 13.2 Å². The molecule has 220 valence electrons. The topological polar surface area (TPSA) is 76.1 Å². The summed E-state index contributed by atoms with van der Waals surface area (Å²) in [7, 11) is -1.85. The van der Waals surface area contributed by atoms with E-state index in [0.29, 0.717) is 11.7 Å². The maximum absolute atomic E-state index is 13.7. The largest absolute Gasteiger partial charge is 0.487 e. The Hall–Kier alpha value is -3.20. The van der Waals surface area contributed by atoms with Gasteiger partial charge in [-0.3, -0.25) is 9.69 Å². The number of likely N-dealkylation sites (tertiary alicyclic amines) is 1. The van der Waals surface area contributed by atoms with E-state index in [1.54, 1.807) is 11.4 Å². The summed E-state index contributed by atoms with van der Waals surface area (Å²) in [6, 6.07) is 23.8. The Morgan fingerprint density at radius 1 is 1.02 bits per heavy atom. The van der Waals surface area contributed by atoms with Crippen molar-refractivity contribution in [2.24, 2.45) is 5.92 Å². The Labute approximate surface area is 248 Å². The molecule has 1 saturated carbocycles. The van der Waals surface area contributed by atoms with Crippen molar-refractivity contribution in [3.05, 3.63) is 95.1 Å². The highest BCUT2D eigenvalue weighted by atomic mass is 32.2. The van der Waals surface area contributed by atoms with Gasteiger partial charge < -0.3 is 9.47 Å². The maximum Gasteiger partial charge on any atom is 0.308 e. The summed E-state index contributed by atoms with van der Waals surface area (Å²) >= 11 is 0. The van der Waals surface area contributed by atoms with E-state index in [1.165, 1.54) is 12.5 Å². The molecule has 0 amide bonds. The first kappa shape index (κ1) is 27.6. The fourth-order valence-electron chi connectivity index (χ4n) is 8.51. The van der Waals surface area contributed by atoms with Crippen LogP contribution in [0.4, 0.5) is 0 Å². The molecule has 7 nitrogen and oxygen atoms in total. The average Bonchev–Trinajstić information content (AvgIpc) is 3.31. The van der Waals surface area contributed by atoms with Crippen molar-refractivity contribution in [3.63, 3.8) is 0 Å². The van der Waals surface area contributed by atoms with Crippen molar-refractivity contribution in [3.8, 4) is 11.5 Å². The SMILES string of the molecule is CC(=O)Oc1ccc2c3c1C[C@@H]1[C@@H]4CC[C@@H](N(C)S(=O)(=O)Cc5ccccc5)[C@H](O2)[C@]34CCN1CCc1ccccc1. The fourth-order valence-corrected chi connectivity index (χ4v) is 9.95. The molecule has 2 aliphatic carbocycles. The van der Waals surface area contributed by atoms with E-state index in [1.807, 2.05) is 42.5 Å². The molecule has 0 radical (unpaired) electrons. The van der Waals surface area contributed by atoms with Crippen LogP contribution in [0.25, 0.3) is 0 Å². The molecule has 3 aromatic carbocycles. The van der Waals surface area contributed by atoms with Crippen molar-refractivity contribution in [2.75, 3.05) is 20.1 Å². The third kappa shape index (κ3) is 4.46. The molecule has 5 atom stereocenters. The number of benzene rings is 3. The van der Waals surface area contributed by atoms with Gasteiger partial charge in [0, 0.05) is 43.1 Å². The molecule has 3 aromatic rings. The number of ether oxygens (including phenoxy) is 2. The first-order valence-electron chi connectivity index (χ1n) is 15.1. The fraction of sp³-hybridized carbons (Fsp3) is 0.441. The minimum absolute atomic E-state index is 0.0331. The predicted octanol–water partition coefficient (Wildman–Crippen LogP) is 4.72. The average molecular weight is 587 g/mol. The lowest BCUT2D eigenvalue weighted by atomic mass is 9.51. The first-order valence-corrected chi connectivity index (χ1v) is 16.7. The second-order valence-electron chi connectivity index (χ2n) is 12.4. The predicted molar refractivity (Wildman–Crippen MR) is 161 cm³/mol. The minimum atomic E-state index is -3.58.